The Hall–Kier alpha value is -5.25. The van der Waals surface area contributed by atoms with Gasteiger partial charge in [0.2, 0.25) is 0 Å². The van der Waals surface area contributed by atoms with Crippen molar-refractivity contribution in [3.8, 4) is 0 Å². The van der Waals surface area contributed by atoms with Crippen molar-refractivity contribution in [2.45, 2.75) is 45.2 Å². The maximum Gasteiger partial charge on any atom is 0.314 e. The minimum Gasteiger partial charge on any atom is -0.355 e. The minimum atomic E-state index is -0.272. The van der Waals surface area contributed by atoms with Gasteiger partial charge >= 0.3 is 6.03 Å². The number of piperidine rings is 1. The average molecular weight is 747 g/mol. The summed E-state index contributed by atoms with van der Waals surface area (Å²) in [7, 11) is 0. The summed E-state index contributed by atoms with van der Waals surface area (Å²) in [5, 5.41) is 11.3. The fourth-order valence-electron chi connectivity index (χ4n) is 8.11. The van der Waals surface area contributed by atoms with Crippen LogP contribution in [0.15, 0.2) is 97.3 Å². The molecule has 53 heavy (non-hydrogen) atoms. The van der Waals surface area contributed by atoms with E-state index in [1.165, 1.54) is 0 Å². The highest BCUT2D eigenvalue weighted by atomic mass is 35.5. The van der Waals surface area contributed by atoms with Crippen LogP contribution in [0.4, 0.5) is 16.3 Å². The molecule has 4 N–H and O–H groups in total. The zero-order valence-corrected chi connectivity index (χ0v) is 31.1. The molecule has 2 atom stereocenters. The summed E-state index contributed by atoms with van der Waals surface area (Å²) in [6.07, 6.45) is 8.50. The van der Waals surface area contributed by atoms with E-state index in [-0.39, 0.29) is 29.9 Å². The SMILES string of the molecule is CCNC(=O)NC1CCN(c2ncccc2NC(=O)c2[nH]c3cc(Cl)cc4c3c2C2=C(c3ccccc3)C(C)CC=CN2C4c2ccc(Cl)cc2)CC1. The van der Waals surface area contributed by atoms with Crippen LogP contribution in [0.1, 0.15) is 71.9 Å². The first-order valence-electron chi connectivity index (χ1n) is 18.2. The number of hydrogen-bond acceptors (Lipinski definition) is 5. The van der Waals surface area contributed by atoms with Gasteiger partial charge in [0.05, 0.1) is 17.4 Å². The van der Waals surface area contributed by atoms with Crippen LogP contribution in [0.25, 0.3) is 22.2 Å². The van der Waals surface area contributed by atoms with Gasteiger partial charge in [-0.2, -0.15) is 0 Å². The molecule has 3 aliphatic heterocycles. The smallest absolute Gasteiger partial charge is 0.314 e. The molecule has 3 aliphatic rings. The number of H-pyrrole nitrogens is 1. The largest absolute Gasteiger partial charge is 0.355 e. The number of urea groups is 1. The summed E-state index contributed by atoms with van der Waals surface area (Å²) in [5.74, 6) is 0.584. The molecular weight excluding hydrogens is 705 g/mol. The van der Waals surface area contributed by atoms with Crippen LogP contribution in [0.5, 0.6) is 0 Å². The number of pyridine rings is 1. The number of rotatable bonds is 7. The summed E-state index contributed by atoms with van der Waals surface area (Å²) >= 11 is 13.3. The molecule has 270 valence electrons. The van der Waals surface area contributed by atoms with E-state index in [1.807, 2.05) is 49.4 Å². The van der Waals surface area contributed by atoms with Gasteiger partial charge in [0, 0.05) is 64.6 Å². The van der Waals surface area contributed by atoms with Crippen molar-refractivity contribution in [1.29, 1.82) is 0 Å². The highest BCUT2D eigenvalue weighted by molar-refractivity contribution is 6.32. The van der Waals surface area contributed by atoms with Crippen LogP contribution in [0.3, 0.4) is 0 Å². The van der Waals surface area contributed by atoms with Gasteiger partial charge in [-0.25, -0.2) is 9.78 Å². The lowest BCUT2D eigenvalue weighted by Gasteiger charge is -2.39. The fourth-order valence-corrected chi connectivity index (χ4v) is 8.46. The predicted octanol–water partition coefficient (Wildman–Crippen LogP) is 9.24. The Kier molecular flexibility index (Phi) is 9.62. The zero-order chi connectivity index (χ0) is 36.6. The van der Waals surface area contributed by atoms with Crippen molar-refractivity contribution in [3.05, 3.63) is 135 Å². The second-order valence-corrected chi connectivity index (χ2v) is 14.8. The van der Waals surface area contributed by atoms with E-state index in [0.717, 1.165) is 63.7 Å². The second-order valence-electron chi connectivity index (χ2n) is 13.9. The molecule has 2 aromatic heterocycles. The van der Waals surface area contributed by atoms with E-state index < -0.39 is 0 Å². The first-order chi connectivity index (χ1) is 25.8. The van der Waals surface area contributed by atoms with E-state index in [9.17, 15) is 9.59 Å². The molecule has 0 bridgehead atoms. The molecule has 1 fully saturated rings. The quantitative estimate of drug-likeness (QED) is 0.133. The van der Waals surface area contributed by atoms with E-state index in [2.05, 4.69) is 86.3 Å². The van der Waals surface area contributed by atoms with Gasteiger partial charge in [0.1, 0.15) is 5.69 Å². The molecule has 0 radical (unpaired) electrons. The summed E-state index contributed by atoms with van der Waals surface area (Å²) in [4.78, 5) is 39.7. The Morgan fingerprint density at radius 3 is 2.49 bits per heavy atom. The molecule has 5 heterocycles. The number of nitrogens with zero attached hydrogens (tertiary/aromatic N) is 3. The standard InChI is InChI=1S/C42H41Cl2N7O2/c1-3-45-42(53)47-30-17-21-50(22-18-30)40-32(12-7-19-46-40)49-41(52)37-36-35-31(23-29(44)24-33(35)48-37)38(27-13-15-28(43)16-14-27)51-20-8-9-25(2)34(39(36)51)26-10-5-4-6-11-26/h4-8,10-16,19-20,23-25,30,38,48H,3,9,17-18,21-22H2,1-2H3,(H,49,52)(H2,45,47,53). The first kappa shape index (κ1) is 34.8. The maximum atomic E-state index is 14.8. The fraction of sp³-hybridized carbons (Fsp3) is 0.262. The van der Waals surface area contributed by atoms with Crippen molar-refractivity contribution in [2.75, 3.05) is 29.9 Å². The number of carbonyl (C=O) groups is 2. The zero-order valence-electron chi connectivity index (χ0n) is 29.6. The summed E-state index contributed by atoms with van der Waals surface area (Å²) < 4.78 is 0. The van der Waals surface area contributed by atoms with Crippen LogP contribution in [0, 0.1) is 5.92 Å². The second kappa shape index (κ2) is 14.6. The number of halogens is 2. The molecule has 5 aromatic rings. The number of amides is 3. The maximum absolute atomic E-state index is 14.8. The van der Waals surface area contributed by atoms with E-state index in [0.29, 0.717) is 46.9 Å². The topological polar surface area (TPSA) is 105 Å². The minimum absolute atomic E-state index is 0.0720. The normalized spacial score (nSPS) is 18.5. The van der Waals surface area contributed by atoms with Gasteiger partial charge in [-0.3, -0.25) is 4.79 Å². The van der Waals surface area contributed by atoms with E-state index >= 15 is 0 Å². The molecule has 0 aliphatic carbocycles. The predicted molar refractivity (Wildman–Crippen MR) is 214 cm³/mol. The van der Waals surface area contributed by atoms with Crippen LogP contribution < -0.4 is 20.9 Å². The summed E-state index contributed by atoms with van der Waals surface area (Å²) in [5.41, 5.74) is 8.02. The molecule has 0 saturated carbocycles. The lowest BCUT2D eigenvalue weighted by Crippen LogP contribution is -2.48. The van der Waals surface area contributed by atoms with Gasteiger partial charge in [-0.1, -0.05) is 78.7 Å². The number of anilines is 2. The Balaban J connectivity index is 1.24. The summed E-state index contributed by atoms with van der Waals surface area (Å²) in [6.45, 7) is 6.11. The van der Waals surface area contributed by atoms with Gasteiger partial charge in [-0.15, -0.1) is 0 Å². The third-order valence-electron chi connectivity index (χ3n) is 10.5. The van der Waals surface area contributed by atoms with Crippen LogP contribution >= 0.6 is 23.2 Å². The number of aromatic amines is 1. The van der Waals surface area contributed by atoms with Crippen molar-refractivity contribution >= 4 is 68.8 Å². The lowest BCUT2D eigenvalue weighted by molar-refractivity contribution is 0.102. The number of nitrogens with one attached hydrogen (secondary N) is 4. The Labute approximate surface area is 319 Å². The molecule has 11 heteroatoms. The molecule has 0 spiro atoms. The molecule has 2 unspecified atom stereocenters. The molecular formula is C42H41Cl2N7O2. The van der Waals surface area contributed by atoms with Crippen molar-refractivity contribution in [2.24, 2.45) is 5.92 Å². The number of allylic oxidation sites excluding steroid dienone is 2. The van der Waals surface area contributed by atoms with Gasteiger partial charge < -0.3 is 30.7 Å². The van der Waals surface area contributed by atoms with E-state index in [1.54, 1.807) is 6.20 Å². The third kappa shape index (κ3) is 6.64. The lowest BCUT2D eigenvalue weighted by atomic mass is 9.82. The number of benzene rings is 3. The molecule has 1 saturated heterocycles. The van der Waals surface area contributed by atoms with Crippen LogP contribution in [-0.2, 0) is 0 Å². The number of hydrogen-bond donors (Lipinski definition) is 4. The monoisotopic (exact) mass is 745 g/mol. The van der Waals surface area contributed by atoms with Crippen molar-refractivity contribution in [1.82, 2.24) is 25.5 Å². The van der Waals surface area contributed by atoms with Gasteiger partial charge in [-0.05, 0) is 90.8 Å². The van der Waals surface area contributed by atoms with Crippen LogP contribution in [-0.4, -0.2) is 52.5 Å². The molecule has 3 aromatic carbocycles. The average Bonchev–Trinajstić information content (AvgIpc) is 3.45. The Morgan fingerprint density at radius 2 is 1.74 bits per heavy atom. The first-order valence-corrected chi connectivity index (χ1v) is 19.0. The van der Waals surface area contributed by atoms with Crippen molar-refractivity contribution in [3.63, 3.8) is 0 Å². The Morgan fingerprint density at radius 1 is 0.962 bits per heavy atom. The van der Waals surface area contributed by atoms with Crippen LogP contribution in [0.2, 0.25) is 10.0 Å². The molecule has 3 amide bonds. The number of aromatic nitrogens is 2. The molecule has 8 rings (SSSR count). The summed E-state index contributed by atoms with van der Waals surface area (Å²) in [6, 6.07) is 25.8. The van der Waals surface area contributed by atoms with Gasteiger partial charge in [0.15, 0.2) is 5.82 Å². The highest BCUT2D eigenvalue weighted by Crippen LogP contribution is 2.53. The van der Waals surface area contributed by atoms with Crippen molar-refractivity contribution < 1.29 is 9.59 Å². The third-order valence-corrected chi connectivity index (χ3v) is 10.9. The number of carbonyl (C=O) groups excluding carboxylic acids is 2. The van der Waals surface area contributed by atoms with E-state index in [4.69, 9.17) is 28.2 Å². The number of fused-ring (bicyclic) bond motifs is 2. The molecule has 9 nitrogen and oxygen atoms in total. The highest BCUT2D eigenvalue weighted by Gasteiger charge is 2.40. The van der Waals surface area contributed by atoms with Gasteiger partial charge in [0.25, 0.3) is 5.91 Å². The Bertz CT molecular complexity index is 2240.